The second kappa shape index (κ2) is 4.63. The average Bonchev–Trinajstić information content (AvgIpc) is 2.90. The highest BCUT2D eigenvalue weighted by Crippen LogP contribution is 2.22. The first kappa shape index (κ1) is 12.7. The van der Waals surface area contributed by atoms with Gasteiger partial charge in [0.1, 0.15) is 5.52 Å². The third kappa shape index (κ3) is 1.84. The Hall–Kier alpha value is -2.37. The van der Waals surface area contributed by atoms with E-state index >= 15 is 0 Å². The molecule has 3 aromatic heterocycles. The van der Waals surface area contributed by atoms with Gasteiger partial charge in [0.2, 0.25) is 5.95 Å². The van der Waals surface area contributed by atoms with Crippen molar-refractivity contribution in [3.8, 4) is 0 Å². The first-order chi connectivity index (χ1) is 9.61. The van der Waals surface area contributed by atoms with Crippen LogP contribution in [0.2, 0.25) is 0 Å². The quantitative estimate of drug-likeness (QED) is 0.785. The molecule has 0 aliphatic carbocycles. The lowest BCUT2D eigenvalue weighted by molar-refractivity contribution is 0.714. The largest absolute Gasteiger partial charge is 0.369 e. The van der Waals surface area contributed by atoms with Crippen LogP contribution in [0.25, 0.3) is 11.2 Å². The van der Waals surface area contributed by atoms with Crippen LogP contribution in [-0.2, 0) is 20.0 Å². The third-order valence-electron chi connectivity index (χ3n) is 3.59. The Balaban J connectivity index is 2.13. The molecule has 0 saturated heterocycles. The molecule has 3 aromatic rings. The molecule has 3 rings (SSSR count). The summed E-state index contributed by atoms with van der Waals surface area (Å²) in [7, 11) is 1.91. The van der Waals surface area contributed by atoms with Crippen molar-refractivity contribution >= 4 is 17.1 Å². The molecule has 104 valence electrons. The van der Waals surface area contributed by atoms with Crippen LogP contribution < -0.4 is 5.73 Å². The van der Waals surface area contributed by atoms with Crippen LogP contribution in [0.4, 0.5) is 5.95 Å². The fraction of sp³-hybridized carbons (Fsp3) is 0.357. The SMILES string of the molecule is CCc1cccnc1Cn1c(N)nc2c(C)nn(C)c21. The van der Waals surface area contributed by atoms with E-state index < -0.39 is 0 Å². The molecule has 6 nitrogen and oxygen atoms in total. The van der Waals surface area contributed by atoms with Crippen molar-refractivity contribution in [3.63, 3.8) is 0 Å². The van der Waals surface area contributed by atoms with Gasteiger partial charge in [0, 0.05) is 13.2 Å². The summed E-state index contributed by atoms with van der Waals surface area (Å²) in [5.41, 5.74) is 11.0. The maximum atomic E-state index is 6.06. The van der Waals surface area contributed by atoms with Gasteiger partial charge in [-0.15, -0.1) is 0 Å². The van der Waals surface area contributed by atoms with E-state index in [9.17, 15) is 0 Å². The molecule has 0 aliphatic rings. The van der Waals surface area contributed by atoms with Crippen LogP contribution in [-0.4, -0.2) is 24.3 Å². The Morgan fingerprint density at radius 3 is 2.90 bits per heavy atom. The lowest BCUT2D eigenvalue weighted by atomic mass is 10.1. The van der Waals surface area contributed by atoms with Crippen molar-refractivity contribution in [2.24, 2.45) is 7.05 Å². The molecule has 0 fully saturated rings. The van der Waals surface area contributed by atoms with E-state index in [2.05, 4.69) is 28.1 Å². The summed E-state index contributed by atoms with van der Waals surface area (Å²) in [6.45, 7) is 4.68. The first-order valence-electron chi connectivity index (χ1n) is 6.70. The highest BCUT2D eigenvalue weighted by molar-refractivity contribution is 5.77. The Labute approximate surface area is 117 Å². The van der Waals surface area contributed by atoms with Gasteiger partial charge in [0.05, 0.1) is 17.9 Å². The number of imidazole rings is 1. The van der Waals surface area contributed by atoms with Gasteiger partial charge in [-0.1, -0.05) is 13.0 Å². The van der Waals surface area contributed by atoms with E-state index in [1.54, 1.807) is 0 Å². The Morgan fingerprint density at radius 1 is 1.35 bits per heavy atom. The fourth-order valence-corrected chi connectivity index (χ4v) is 2.59. The number of aromatic nitrogens is 5. The number of hydrogen-bond donors (Lipinski definition) is 1. The lowest BCUT2D eigenvalue weighted by Gasteiger charge is -2.09. The minimum absolute atomic E-state index is 0.504. The molecule has 0 aliphatic heterocycles. The van der Waals surface area contributed by atoms with Crippen molar-refractivity contribution in [1.29, 1.82) is 0 Å². The maximum absolute atomic E-state index is 6.06. The average molecular weight is 270 g/mol. The zero-order chi connectivity index (χ0) is 14.3. The van der Waals surface area contributed by atoms with Crippen LogP contribution in [0.3, 0.4) is 0 Å². The third-order valence-corrected chi connectivity index (χ3v) is 3.59. The van der Waals surface area contributed by atoms with E-state index in [1.807, 2.05) is 35.5 Å². The van der Waals surface area contributed by atoms with Crippen molar-refractivity contribution in [3.05, 3.63) is 35.3 Å². The Morgan fingerprint density at radius 2 is 2.15 bits per heavy atom. The Bertz CT molecular complexity index is 767. The lowest BCUT2D eigenvalue weighted by Crippen LogP contribution is -2.10. The number of nitrogens with two attached hydrogens (primary N) is 1. The van der Waals surface area contributed by atoms with E-state index in [-0.39, 0.29) is 0 Å². The summed E-state index contributed by atoms with van der Waals surface area (Å²) >= 11 is 0. The van der Waals surface area contributed by atoms with E-state index in [0.29, 0.717) is 12.5 Å². The zero-order valence-electron chi connectivity index (χ0n) is 12.0. The predicted octanol–water partition coefficient (Wildman–Crippen LogP) is 1.67. The topological polar surface area (TPSA) is 74.6 Å². The molecule has 0 amide bonds. The van der Waals surface area contributed by atoms with Gasteiger partial charge in [-0.3, -0.25) is 14.2 Å². The molecule has 0 bridgehead atoms. The number of pyridine rings is 1. The number of nitrogens with zero attached hydrogens (tertiary/aromatic N) is 5. The Kier molecular flexibility index (Phi) is 2.93. The van der Waals surface area contributed by atoms with Crippen molar-refractivity contribution in [2.75, 3.05) is 5.73 Å². The second-order valence-electron chi connectivity index (χ2n) is 4.90. The summed E-state index contributed by atoms with van der Waals surface area (Å²) < 4.78 is 3.79. The van der Waals surface area contributed by atoms with Gasteiger partial charge < -0.3 is 5.73 Å². The van der Waals surface area contributed by atoms with Crippen LogP contribution >= 0.6 is 0 Å². The molecule has 6 heteroatoms. The standard InChI is InChI=1S/C14H18N6/c1-4-10-6-5-7-16-11(10)8-20-13-12(17-14(20)15)9(2)18-19(13)3/h5-7H,4,8H2,1-3H3,(H2,15,17). The molecular weight excluding hydrogens is 252 g/mol. The van der Waals surface area contributed by atoms with Gasteiger partial charge in [-0.2, -0.15) is 5.10 Å². The monoisotopic (exact) mass is 270 g/mol. The van der Waals surface area contributed by atoms with Crippen molar-refractivity contribution in [1.82, 2.24) is 24.3 Å². The summed E-state index contributed by atoms with van der Waals surface area (Å²) in [5.74, 6) is 0.504. The number of rotatable bonds is 3. The van der Waals surface area contributed by atoms with E-state index in [4.69, 9.17) is 5.73 Å². The number of hydrogen-bond acceptors (Lipinski definition) is 4. The zero-order valence-corrected chi connectivity index (χ0v) is 12.0. The number of anilines is 1. The smallest absolute Gasteiger partial charge is 0.202 e. The van der Waals surface area contributed by atoms with Gasteiger partial charge in [0.25, 0.3) is 0 Å². The minimum atomic E-state index is 0.504. The summed E-state index contributed by atoms with van der Waals surface area (Å²) in [4.78, 5) is 8.89. The first-order valence-corrected chi connectivity index (χ1v) is 6.70. The van der Waals surface area contributed by atoms with Crippen molar-refractivity contribution < 1.29 is 0 Å². The second-order valence-corrected chi connectivity index (χ2v) is 4.90. The van der Waals surface area contributed by atoms with Gasteiger partial charge >= 0.3 is 0 Å². The molecule has 0 saturated carbocycles. The van der Waals surface area contributed by atoms with Crippen molar-refractivity contribution in [2.45, 2.75) is 26.8 Å². The molecule has 0 aromatic carbocycles. The normalized spacial score (nSPS) is 11.3. The molecule has 2 N–H and O–H groups in total. The van der Waals surface area contributed by atoms with Crippen LogP contribution in [0.5, 0.6) is 0 Å². The van der Waals surface area contributed by atoms with Gasteiger partial charge in [0.15, 0.2) is 5.65 Å². The molecule has 20 heavy (non-hydrogen) atoms. The predicted molar refractivity (Wildman–Crippen MR) is 78.4 cm³/mol. The number of nitrogen functional groups attached to an aromatic ring is 1. The molecule has 0 spiro atoms. The number of fused-ring (bicyclic) bond motifs is 1. The molecule has 3 heterocycles. The minimum Gasteiger partial charge on any atom is -0.369 e. The molecular formula is C14H18N6. The maximum Gasteiger partial charge on any atom is 0.202 e. The fourth-order valence-electron chi connectivity index (χ4n) is 2.59. The highest BCUT2D eigenvalue weighted by Gasteiger charge is 2.16. The number of aryl methyl sites for hydroxylation is 3. The summed E-state index contributed by atoms with van der Waals surface area (Å²) in [6.07, 6.45) is 2.76. The molecule has 0 radical (unpaired) electrons. The highest BCUT2D eigenvalue weighted by atomic mass is 15.3. The van der Waals surface area contributed by atoms with Gasteiger partial charge in [-0.25, -0.2) is 4.98 Å². The van der Waals surface area contributed by atoms with Crippen LogP contribution in [0, 0.1) is 6.92 Å². The summed E-state index contributed by atoms with van der Waals surface area (Å²) in [5, 5.41) is 4.39. The van der Waals surface area contributed by atoms with Gasteiger partial charge in [-0.05, 0) is 25.0 Å². The van der Waals surface area contributed by atoms with E-state index in [1.165, 1.54) is 5.56 Å². The molecule has 0 atom stereocenters. The van der Waals surface area contributed by atoms with Crippen LogP contribution in [0.1, 0.15) is 23.9 Å². The van der Waals surface area contributed by atoms with Crippen LogP contribution in [0.15, 0.2) is 18.3 Å². The summed E-state index contributed by atoms with van der Waals surface area (Å²) in [6, 6.07) is 4.06. The van der Waals surface area contributed by atoms with E-state index in [0.717, 1.165) is 29.0 Å². The molecule has 0 unspecified atom stereocenters.